The summed E-state index contributed by atoms with van der Waals surface area (Å²) in [6.45, 7) is 5.04. The summed E-state index contributed by atoms with van der Waals surface area (Å²) in [4.78, 5) is 0. The summed E-state index contributed by atoms with van der Waals surface area (Å²) in [5.41, 5.74) is 2.06. The van der Waals surface area contributed by atoms with Crippen LogP contribution in [0.2, 0.25) is 0 Å². The molecule has 0 unspecified atom stereocenters. The third kappa shape index (κ3) is 4.39. The largest absolute Gasteiger partial charge is 0.454 e. The van der Waals surface area contributed by atoms with Crippen molar-refractivity contribution in [2.75, 3.05) is 6.79 Å². The first-order valence-corrected chi connectivity index (χ1v) is 8.62. The number of rotatable bonds is 5. The van der Waals surface area contributed by atoms with Crippen LogP contribution in [0.4, 0.5) is 4.39 Å². The standard InChI is InChI=1S/C19H21FN2O2S/c1-12(2)18(14-4-6-15(20)7-5-14)22-19(25)21-10-13-3-8-16-17(9-13)24-11-23-16/h3-9,12,18H,10-11H2,1-2H3,(H2,21,22,25)/t18-/m0/s1. The van der Waals surface area contributed by atoms with Gasteiger partial charge >= 0.3 is 0 Å². The molecule has 6 heteroatoms. The van der Waals surface area contributed by atoms with Crippen molar-refractivity contribution in [2.45, 2.75) is 26.4 Å². The highest BCUT2D eigenvalue weighted by Crippen LogP contribution is 2.32. The molecular weight excluding hydrogens is 339 g/mol. The molecule has 1 atom stereocenters. The molecule has 0 bridgehead atoms. The molecule has 0 saturated carbocycles. The minimum absolute atomic E-state index is 0.0114. The van der Waals surface area contributed by atoms with Crippen LogP contribution in [0.5, 0.6) is 11.5 Å². The van der Waals surface area contributed by atoms with Crippen LogP contribution in [0, 0.1) is 11.7 Å². The van der Waals surface area contributed by atoms with Gasteiger partial charge in [0.25, 0.3) is 0 Å². The highest BCUT2D eigenvalue weighted by Gasteiger charge is 2.17. The molecule has 3 rings (SSSR count). The SMILES string of the molecule is CC(C)[C@H](NC(=S)NCc1ccc2c(c1)OCO2)c1ccc(F)cc1. The Hall–Kier alpha value is -2.34. The molecule has 0 saturated heterocycles. The lowest BCUT2D eigenvalue weighted by Crippen LogP contribution is -2.39. The van der Waals surface area contributed by atoms with Gasteiger partial charge in [-0.3, -0.25) is 0 Å². The Morgan fingerprint density at radius 3 is 2.56 bits per heavy atom. The second-order valence-corrected chi connectivity index (χ2v) is 6.70. The topological polar surface area (TPSA) is 42.5 Å². The Bertz CT molecular complexity index is 750. The molecule has 2 aromatic carbocycles. The number of ether oxygens (including phenoxy) is 2. The van der Waals surface area contributed by atoms with E-state index in [4.69, 9.17) is 21.7 Å². The van der Waals surface area contributed by atoms with E-state index in [1.165, 1.54) is 12.1 Å². The van der Waals surface area contributed by atoms with E-state index in [9.17, 15) is 4.39 Å². The fourth-order valence-corrected chi connectivity index (χ4v) is 2.93. The monoisotopic (exact) mass is 360 g/mol. The fraction of sp³-hybridized carbons (Fsp3) is 0.316. The summed E-state index contributed by atoms with van der Waals surface area (Å²) in [6, 6.07) is 12.3. The first-order chi connectivity index (χ1) is 12.0. The van der Waals surface area contributed by atoms with Crippen molar-refractivity contribution in [1.29, 1.82) is 0 Å². The highest BCUT2D eigenvalue weighted by atomic mass is 32.1. The summed E-state index contributed by atoms with van der Waals surface area (Å²) in [5, 5.41) is 7.08. The molecule has 1 aliphatic rings. The molecule has 0 aromatic heterocycles. The molecule has 0 spiro atoms. The fourth-order valence-electron chi connectivity index (χ4n) is 2.73. The number of fused-ring (bicyclic) bond motifs is 1. The number of halogens is 1. The average molecular weight is 360 g/mol. The zero-order valence-electron chi connectivity index (χ0n) is 14.2. The lowest BCUT2D eigenvalue weighted by atomic mass is 9.96. The van der Waals surface area contributed by atoms with Crippen molar-refractivity contribution in [3.05, 3.63) is 59.4 Å². The Morgan fingerprint density at radius 1 is 1.12 bits per heavy atom. The number of benzene rings is 2. The number of hydrogen-bond donors (Lipinski definition) is 2. The van der Waals surface area contributed by atoms with Crippen molar-refractivity contribution in [2.24, 2.45) is 5.92 Å². The van der Waals surface area contributed by atoms with E-state index in [1.54, 1.807) is 12.1 Å². The quantitative estimate of drug-likeness (QED) is 0.791. The molecule has 1 aliphatic heterocycles. The van der Waals surface area contributed by atoms with Crippen molar-refractivity contribution in [3.63, 3.8) is 0 Å². The Morgan fingerprint density at radius 2 is 1.84 bits per heavy atom. The van der Waals surface area contributed by atoms with Crippen molar-refractivity contribution >= 4 is 17.3 Å². The summed E-state index contributed by atoms with van der Waals surface area (Å²) in [6.07, 6.45) is 0. The lowest BCUT2D eigenvalue weighted by Gasteiger charge is -2.25. The van der Waals surface area contributed by atoms with Gasteiger partial charge in [-0.25, -0.2) is 4.39 Å². The minimum atomic E-state index is -0.241. The molecule has 25 heavy (non-hydrogen) atoms. The van der Waals surface area contributed by atoms with Gasteiger partial charge in [0.2, 0.25) is 6.79 Å². The summed E-state index contributed by atoms with van der Waals surface area (Å²) >= 11 is 5.42. The maximum absolute atomic E-state index is 13.1. The third-order valence-electron chi connectivity index (χ3n) is 4.07. The van der Waals surface area contributed by atoms with Gasteiger partial charge in [0.05, 0.1) is 6.04 Å². The van der Waals surface area contributed by atoms with Gasteiger partial charge in [-0.05, 0) is 53.5 Å². The predicted octanol–water partition coefficient (Wildman–Crippen LogP) is 3.92. The molecule has 0 fully saturated rings. The zero-order chi connectivity index (χ0) is 17.8. The molecule has 0 aliphatic carbocycles. The van der Waals surface area contributed by atoms with Crippen LogP contribution in [0.3, 0.4) is 0 Å². The first-order valence-electron chi connectivity index (χ1n) is 8.21. The van der Waals surface area contributed by atoms with Crippen LogP contribution in [0.25, 0.3) is 0 Å². The summed E-state index contributed by atoms with van der Waals surface area (Å²) < 4.78 is 23.8. The van der Waals surface area contributed by atoms with Gasteiger partial charge in [-0.1, -0.05) is 32.0 Å². The van der Waals surface area contributed by atoms with Crippen LogP contribution < -0.4 is 20.1 Å². The second kappa shape index (κ2) is 7.70. The normalized spacial score (nSPS) is 13.6. The van der Waals surface area contributed by atoms with Crippen LogP contribution in [0.15, 0.2) is 42.5 Å². The van der Waals surface area contributed by atoms with E-state index >= 15 is 0 Å². The lowest BCUT2D eigenvalue weighted by molar-refractivity contribution is 0.174. The summed E-state index contributed by atoms with van der Waals surface area (Å²) in [5.74, 6) is 1.58. The maximum Gasteiger partial charge on any atom is 0.231 e. The molecule has 132 valence electrons. The van der Waals surface area contributed by atoms with Gasteiger partial charge in [-0.2, -0.15) is 0 Å². The molecule has 2 aromatic rings. The molecule has 0 amide bonds. The minimum Gasteiger partial charge on any atom is -0.454 e. The van der Waals surface area contributed by atoms with Gasteiger partial charge in [0.15, 0.2) is 16.6 Å². The number of thiocarbonyl (C=S) groups is 1. The molecule has 2 N–H and O–H groups in total. The Kier molecular flexibility index (Phi) is 5.38. The van der Waals surface area contributed by atoms with Crippen molar-refractivity contribution < 1.29 is 13.9 Å². The van der Waals surface area contributed by atoms with E-state index in [0.29, 0.717) is 17.6 Å². The number of nitrogens with one attached hydrogen (secondary N) is 2. The smallest absolute Gasteiger partial charge is 0.231 e. The van der Waals surface area contributed by atoms with Crippen LogP contribution in [-0.2, 0) is 6.54 Å². The molecular formula is C19H21FN2O2S. The Balaban J connectivity index is 1.59. The Labute approximate surface area is 152 Å². The number of hydrogen-bond acceptors (Lipinski definition) is 3. The van der Waals surface area contributed by atoms with E-state index in [1.807, 2.05) is 18.2 Å². The van der Waals surface area contributed by atoms with Gasteiger partial charge < -0.3 is 20.1 Å². The van der Waals surface area contributed by atoms with Gasteiger partial charge in [-0.15, -0.1) is 0 Å². The predicted molar refractivity (Wildman–Crippen MR) is 99.1 cm³/mol. The van der Waals surface area contributed by atoms with Gasteiger partial charge in [0.1, 0.15) is 5.82 Å². The van der Waals surface area contributed by atoms with Crippen molar-refractivity contribution in [3.8, 4) is 11.5 Å². The molecule has 4 nitrogen and oxygen atoms in total. The second-order valence-electron chi connectivity index (χ2n) is 6.29. The summed E-state index contributed by atoms with van der Waals surface area (Å²) in [7, 11) is 0. The van der Waals surface area contributed by atoms with Crippen molar-refractivity contribution in [1.82, 2.24) is 10.6 Å². The maximum atomic E-state index is 13.1. The molecule has 1 heterocycles. The average Bonchev–Trinajstić information content (AvgIpc) is 3.06. The third-order valence-corrected chi connectivity index (χ3v) is 4.33. The first kappa shape index (κ1) is 17.5. The molecule has 0 radical (unpaired) electrons. The van der Waals surface area contributed by atoms with Crippen LogP contribution in [0.1, 0.15) is 31.0 Å². The highest BCUT2D eigenvalue weighted by molar-refractivity contribution is 7.80. The van der Waals surface area contributed by atoms with E-state index < -0.39 is 0 Å². The zero-order valence-corrected chi connectivity index (χ0v) is 15.0. The van der Waals surface area contributed by atoms with Crippen LogP contribution >= 0.6 is 12.2 Å². The van der Waals surface area contributed by atoms with Gasteiger partial charge in [0, 0.05) is 6.54 Å². The van der Waals surface area contributed by atoms with E-state index in [-0.39, 0.29) is 18.7 Å². The van der Waals surface area contributed by atoms with E-state index in [2.05, 4.69) is 24.5 Å². The van der Waals surface area contributed by atoms with Crippen LogP contribution in [-0.4, -0.2) is 11.9 Å². The van der Waals surface area contributed by atoms with E-state index in [0.717, 1.165) is 22.6 Å².